The van der Waals surface area contributed by atoms with Gasteiger partial charge in [-0.1, -0.05) is 0 Å². The van der Waals surface area contributed by atoms with Crippen LogP contribution < -0.4 is 22.1 Å². The van der Waals surface area contributed by atoms with E-state index in [2.05, 4.69) is 0 Å². The highest BCUT2D eigenvalue weighted by molar-refractivity contribution is 5.93. The van der Waals surface area contributed by atoms with Crippen LogP contribution in [0.15, 0.2) is 0 Å². The number of carbonyl (C=O) groups excluding carboxylic acids is 4. The molecule has 11 heteroatoms. The molecule has 0 rings (SSSR count). The number of aliphatic hydroxyl groups is 1. The van der Waals surface area contributed by atoms with E-state index in [4.69, 9.17) is 16.6 Å². The van der Waals surface area contributed by atoms with Gasteiger partial charge >= 0.3 is 5.97 Å². The van der Waals surface area contributed by atoms with Crippen LogP contribution >= 0.6 is 0 Å². The van der Waals surface area contributed by atoms with Crippen LogP contribution in [0.2, 0.25) is 0 Å². The van der Waals surface area contributed by atoms with Gasteiger partial charge in [0.1, 0.15) is 18.1 Å². The Morgan fingerprint density at radius 2 is 1.70 bits per heavy atom. The number of aliphatic hydroxyl groups excluding tert-OH is 1. The average molecular weight is 331 g/mol. The molecule has 4 atom stereocenters. The lowest BCUT2D eigenvalue weighted by Crippen LogP contribution is -2.56. The van der Waals surface area contributed by atoms with E-state index in [9.17, 15) is 29.1 Å². The van der Waals surface area contributed by atoms with Gasteiger partial charge in [-0.2, -0.15) is 0 Å². The van der Waals surface area contributed by atoms with Crippen molar-refractivity contribution in [3.05, 3.63) is 0 Å². The molecule has 23 heavy (non-hydrogen) atoms. The van der Waals surface area contributed by atoms with Crippen molar-refractivity contribution < 1.29 is 34.2 Å². The first-order valence-electron chi connectivity index (χ1n) is 6.50. The van der Waals surface area contributed by atoms with Gasteiger partial charge < -0.3 is 32.3 Å². The van der Waals surface area contributed by atoms with Crippen LogP contribution in [0.25, 0.3) is 0 Å². The van der Waals surface area contributed by atoms with Gasteiger partial charge in [0.2, 0.25) is 24.0 Å². The molecule has 0 aromatic heterocycles. The van der Waals surface area contributed by atoms with E-state index in [0.29, 0.717) is 0 Å². The second-order valence-electron chi connectivity index (χ2n) is 4.77. The minimum atomic E-state index is -1.56. The molecule has 1 radical (unpaired) electrons. The first kappa shape index (κ1) is 20.5. The normalized spacial score (nSPS) is 15.6. The fourth-order valence-electron chi connectivity index (χ4n) is 1.47. The fraction of sp³-hybridized carbons (Fsp3) is 0.583. The summed E-state index contributed by atoms with van der Waals surface area (Å²) < 4.78 is 0. The van der Waals surface area contributed by atoms with Crippen LogP contribution in [0.5, 0.6) is 0 Å². The van der Waals surface area contributed by atoms with Crippen LogP contribution in [0.3, 0.4) is 0 Å². The lowest BCUT2D eigenvalue weighted by Gasteiger charge is -2.21. The number of carbonyl (C=O) groups is 4. The summed E-state index contributed by atoms with van der Waals surface area (Å²) in [4.78, 5) is 55.8. The fourth-order valence-corrected chi connectivity index (χ4v) is 1.47. The molecule has 3 amide bonds. The number of carboxylic acids is 1. The second-order valence-corrected chi connectivity index (χ2v) is 4.77. The van der Waals surface area contributed by atoms with Crippen molar-refractivity contribution in [1.82, 2.24) is 10.6 Å². The predicted molar refractivity (Wildman–Crippen MR) is 75.3 cm³/mol. The van der Waals surface area contributed by atoms with E-state index in [1.807, 2.05) is 10.6 Å². The number of carboxylic acid groups (broad SMARTS) is 1. The Kier molecular flexibility index (Phi) is 8.44. The summed E-state index contributed by atoms with van der Waals surface area (Å²) in [6, 6.07) is -4.31. The third-order valence-corrected chi connectivity index (χ3v) is 2.70. The molecule has 0 saturated carbocycles. The van der Waals surface area contributed by atoms with E-state index in [0.717, 1.165) is 0 Å². The molecule has 129 valence electrons. The topological polar surface area (TPSA) is 202 Å². The molecule has 0 heterocycles. The summed E-state index contributed by atoms with van der Waals surface area (Å²) in [5.41, 5.74) is 10.2. The molecular weight excluding hydrogens is 312 g/mol. The Bertz CT molecular complexity index is 480. The number of hydrogen-bond donors (Lipinski definition) is 6. The van der Waals surface area contributed by atoms with Gasteiger partial charge in [0.25, 0.3) is 0 Å². The van der Waals surface area contributed by atoms with Crippen molar-refractivity contribution in [2.24, 2.45) is 11.5 Å². The van der Waals surface area contributed by atoms with Crippen LogP contribution in [-0.4, -0.2) is 64.4 Å². The minimum absolute atomic E-state index is 0.532. The molecule has 0 aliphatic carbocycles. The number of nitrogens with one attached hydrogen (secondary N) is 2. The van der Waals surface area contributed by atoms with Crippen molar-refractivity contribution >= 4 is 30.0 Å². The van der Waals surface area contributed by atoms with Gasteiger partial charge in [0.15, 0.2) is 0 Å². The van der Waals surface area contributed by atoms with Gasteiger partial charge in [0, 0.05) is 0 Å². The third-order valence-electron chi connectivity index (χ3n) is 2.70. The summed E-state index contributed by atoms with van der Waals surface area (Å²) >= 11 is 0. The number of rotatable bonds is 10. The first-order valence-corrected chi connectivity index (χ1v) is 6.50. The highest BCUT2D eigenvalue weighted by Gasteiger charge is 2.29. The number of nitrogens with two attached hydrogens (primary N) is 2. The largest absolute Gasteiger partial charge is 0.481 e. The van der Waals surface area contributed by atoms with E-state index in [1.165, 1.54) is 13.2 Å². The maximum absolute atomic E-state index is 11.9. The molecule has 0 unspecified atom stereocenters. The van der Waals surface area contributed by atoms with Gasteiger partial charge in [-0.05, 0) is 6.92 Å². The van der Waals surface area contributed by atoms with E-state index in [-0.39, 0.29) is 0 Å². The Morgan fingerprint density at radius 3 is 2.09 bits per heavy atom. The Hall–Kier alpha value is -2.53. The molecule has 0 aliphatic heterocycles. The molecule has 0 bridgehead atoms. The van der Waals surface area contributed by atoms with E-state index in [1.54, 1.807) is 0 Å². The molecule has 0 spiro atoms. The lowest BCUT2D eigenvalue weighted by molar-refractivity contribution is -0.141. The number of aliphatic carboxylic acids is 1. The summed E-state index contributed by atoms with van der Waals surface area (Å²) in [7, 11) is 0. The zero-order valence-electron chi connectivity index (χ0n) is 12.3. The van der Waals surface area contributed by atoms with Crippen molar-refractivity contribution in [1.29, 1.82) is 0 Å². The molecule has 0 aliphatic rings. The van der Waals surface area contributed by atoms with Crippen LogP contribution in [0.4, 0.5) is 0 Å². The molecule has 0 aromatic rings. The van der Waals surface area contributed by atoms with E-state index >= 15 is 0 Å². The molecule has 0 aromatic carbocycles. The Balaban J connectivity index is 4.97. The quantitative estimate of drug-likeness (QED) is 0.233. The lowest BCUT2D eigenvalue weighted by atomic mass is 10.1. The zero-order chi connectivity index (χ0) is 18.2. The SMILES string of the molecule is C[C@@H](O)[C@H](N)C(=O)N[C@@H](CC(=O)O)C(=O)N[C@H]([C]=O)CC(N)=O. The van der Waals surface area contributed by atoms with E-state index < -0.39 is 60.8 Å². The van der Waals surface area contributed by atoms with Gasteiger partial charge in [-0.25, -0.2) is 0 Å². The van der Waals surface area contributed by atoms with Crippen molar-refractivity contribution in [3.8, 4) is 0 Å². The van der Waals surface area contributed by atoms with Crippen molar-refractivity contribution in [2.45, 2.75) is 44.0 Å². The zero-order valence-corrected chi connectivity index (χ0v) is 12.3. The van der Waals surface area contributed by atoms with Crippen molar-refractivity contribution in [2.75, 3.05) is 0 Å². The van der Waals surface area contributed by atoms with Gasteiger partial charge in [0.05, 0.1) is 18.9 Å². The third kappa shape index (κ3) is 7.87. The molecule has 0 saturated heterocycles. The average Bonchev–Trinajstić information content (AvgIpc) is 2.43. The monoisotopic (exact) mass is 331 g/mol. The van der Waals surface area contributed by atoms with Crippen LogP contribution in [0, 0.1) is 0 Å². The highest BCUT2D eigenvalue weighted by atomic mass is 16.4. The summed E-state index contributed by atoms with van der Waals surface area (Å²) in [6.45, 7) is 1.24. The summed E-state index contributed by atoms with van der Waals surface area (Å²) in [5, 5.41) is 22.1. The molecule has 0 fully saturated rings. The number of hydrogen-bond acceptors (Lipinski definition) is 7. The van der Waals surface area contributed by atoms with Crippen LogP contribution in [0.1, 0.15) is 19.8 Å². The summed E-state index contributed by atoms with van der Waals surface area (Å²) in [6.07, 6.45) is -1.20. The molecular formula is C12H19N4O7. The second kappa shape index (κ2) is 9.48. The van der Waals surface area contributed by atoms with Gasteiger partial charge in [-0.3, -0.25) is 24.0 Å². The van der Waals surface area contributed by atoms with Crippen LogP contribution in [-0.2, 0) is 24.0 Å². The van der Waals surface area contributed by atoms with Gasteiger partial charge in [-0.15, -0.1) is 0 Å². The smallest absolute Gasteiger partial charge is 0.305 e. The predicted octanol–water partition coefficient (Wildman–Crippen LogP) is -3.88. The maximum Gasteiger partial charge on any atom is 0.305 e. The number of primary amides is 1. The molecule has 11 nitrogen and oxygen atoms in total. The highest BCUT2D eigenvalue weighted by Crippen LogP contribution is 1.98. The Labute approximate surface area is 131 Å². The minimum Gasteiger partial charge on any atom is -0.481 e. The molecule has 8 N–H and O–H groups in total. The Morgan fingerprint density at radius 1 is 1.13 bits per heavy atom. The standard InChI is InChI=1S/C12H19N4O7/c1-5(18)10(14)12(23)16-7(3-9(20)21)11(22)15-6(4-17)2-8(13)19/h5-7,10,18H,2-3,14H2,1H3,(H2,13,19)(H,15,22)(H,16,23)(H,20,21)/t5-,6+,7+,10+/m1/s1. The van der Waals surface area contributed by atoms with Crippen molar-refractivity contribution in [3.63, 3.8) is 0 Å². The number of amides is 3. The summed E-state index contributed by atoms with van der Waals surface area (Å²) in [5.74, 6) is -4.28. The maximum atomic E-state index is 11.9. The first-order chi connectivity index (χ1) is 10.6.